The van der Waals surface area contributed by atoms with Gasteiger partial charge in [-0.05, 0) is 44.7 Å². The predicted octanol–water partition coefficient (Wildman–Crippen LogP) is 3.64. The van der Waals surface area contributed by atoms with Crippen molar-refractivity contribution in [1.82, 2.24) is 25.0 Å². The summed E-state index contributed by atoms with van der Waals surface area (Å²) in [6.45, 7) is 2.73. The summed E-state index contributed by atoms with van der Waals surface area (Å²) < 4.78 is 1.93. The topological polar surface area (TPSA) is 80.1 Å². The van der Waals surface area contributed by atoms with Gasteiger partial charge in [0.1, 0.15) is 0 Å². The molecule has 1 aliphatic carbocycles. The molecule has 166 valence electrons. The largest absolute Gasteiger partial charge is 0.353 e. The van der Waals surface area contributed by atoms with Crippen LogP contribution in [0.1, 0.15) is 72.7 Å². The molecule has 0 spiro atoms. The highest BCUT2D eigenvalue weighted by molar-refractivity contribution is 7.99. The van der Waals surface area contributed by atoms with Crippen LogP contribution in [-0.4, -0.2) is 49.8 Å². The first-order valence-electron chi connectivity index (χ1n) is 11.2. The molecular weight excluding hydrogens is 410 g/mol. The van der Waals surface area contributed by atoms with E-state index in [4.69, 9.17) is 0 Å². The third-order valence-electron chi connectivity index (χ3n) is 6.28. The van der Waals surface area contributed by atoms with Gasteiger partial charge in [-0.2, -0.15) is 0 Å². The monoisotopic (exact) mass is 441 g/mol. The first-order valence-corrected chi connectivity index (χ1v) is 12.2. The van der Waals surface area contributed by atoms with Crippen molar-refractivity contribution in [1.29, 1.82) is 0 Å². The summed E-state index contributed by atoms with van der Waals surface area (Å²) in [5.41, 5.74) is 1.84. The molecule has 1 aromatic heterocycles. The number of aromatic nitrogens is 3. The fourth-order valence-corrected chi connectivity index (χ4v) is 5.26. The Kier molecular flexibility index (Phi) is 6.95. The van der Waals surface area contributed by atoms with Crippen molar-refractivity contribution in [3.8, 4) is 0 Å². The summed E-state index contributed by atoms with van der Waals surface area (Å²) in [5.74, 6) is 1.21. The van der Waals surface area contributed by atoms with E-state index in [0.29, 0.717) is 22.5 Å². The SMILES string of the molecule is Cc1ccc(C(=O)N2CCCC2c2nnc(SCC(=O)NC3CCCCC3)n2C)cc1. The van der Waals surface area contributed by atoms with Crippen molar-refractivity contribution in [2.24, 2.45) is 7.05 Å². The number of carbonyl (C=O) groups excluding carboxylic acids is 2. The maximum absolute atomic E-state index is 13.1. The van der Waals surface area contributed by atoms with Crippen LogP contribution in [0.3, 0.4) is 0 Å². The Bertz CT molecular complexity index is 921. The molecule has 2 amide bonds. The first-order chi connectivity index (χ1) is 15.0. The summed E-state index contributed by atoms with van der Waals surface area (Å²) in [5, 5.41) is 12.6. The van der Waals surface area contributed by atoms with Crippen LogP contribution in [0.25, 0.3) is 0 Å². The highest BCUT2D eigenvalue weighted by Crippen LogP contribution is 2.33. The zero-order valence-electron chi connectivity index (χ0n) is 18.3. The second-order valence-corrected chi connectivity index (χ2v) is 9.56. The van der Waals surface area contributed by atoms with Crippen LogP contribution in [-0.2, 0) is 11.8 Å². The maximum atomic E-state index is 13.1. The number of nitrogens with zero attached hydrogens (tertiary/aromatic N) is 4. The minimum absolute atomic E-state index is 0.0339. The smallest absolute Gasteiger partial charge is 0.254 e. The molecule has 2 fully saturated rings. The standard InChI is InChI=1S/C23H31N5O2S/c1-16-10-12-17(13-11-16)22(30)28-14-6-9-19(28)21-25-26-23(27(21)2)31-15-20(29)24-18-7-4-3-5-8-18/h10-13,18-19H,3-9,14-15H2,1-2H3,(H,24,29). The van der Waals surface area contributed by atoms with Gasteiger partial charge >= 0.3 is 0 Å². The lowest BCUT2D eigenvalue weighted by atomic mass is 9.95. The molecule has 7 nitrogen and oxygen atoms in total. The van der Waals surface area contributed by atoms with E-state index in [9.17, 15) is 9.59 Å². The van der Waals surface area contributed by atoms with E-state index in [1.54, 1.807) is 0 Å². The Balaban J connectivity index is 1.39. The van der Waals surface area contributed by atoms with Gasteiger partial charge in [0.15, 0.2) is 11.0 Å². The van der Waals surface area contributed by atoms with Crippen molar-refractivity contribution in [3.63, 3.8) is 0 Å². The summed E-state index contributed by atoms with van der Waals surface area (Å²) in [4.78, 5) is 27.3. The lowest BCUT2D eigenvalue weighted by Crippen LogP contribution is -2.37. The number of benzene rings is 1. The van der Waals surface area contributed by atoms with E-state index in [1.807, 2.05) is 47.7 Å². The molecular formula is C23H31N5O2S. The molecule has 1 atom stereocenters. The fraction of sp³-hybridized carbons (Fsp3) is 0.565. The van der Waals surface area contributed by atoms with Crippen molar-refractivity contribution in [2.45, 2.75) is 69.1 Å². The van der Waals surface area contributed by atoms with Crippen LogP contribution < -0.4 is 5.32 Å². The summed E-state index contributed by atoms with van der Waals surface area (Å²) >= 11 is 1.40. The Labute approximate surface area is 188 Å². The zero-order valence-corrected chi connectivity index (χ0v) is 19.2. The van der Waals surface area contributed by atoms with Crippen LogP contribution in [0.5, 0.6) is 0 Å². The Morgan fingerprint density at radius 2 is 1.81 bits per heavy atom. The molecule has 1 aromatic carbocycles. The van der Waals surface area contributed by atoms with Crippen molar-refractivity contribution in [2.75, 3.05) is 12.3 Å². The second kappa shape index (κ2) is 9.85. The Morgan fingerprint density at radius 3 is 2.55 bits per heavy atom. The molecule has 31 heavy (non-hydrogen) atoms. The second-order valence-electron chi connectivity index (χ2n) is 8.61. The minimum Gasteiger partial charge on any atom is -0.353 e. The molecule has 1 N–H and O–H groups in total. The summed E-state index contributed by atoms with van der Waals surface area (Å²) in [7, 11) is 1.92. The highest BCUT2D eigenvalue weighted by atomic mass is 32.2. The van der Waals surface area contributed by atoms with E-state index >= 15 is 0 Å². The van der Waals surface area contributed by atoms with E-state index in [2.05, 4.69) is 15.5 Å². The fourth-order valence-electron chi connectivity index (χ4n) is 4.53. The van der Waals surface area contributed by atoms with Gasteiger partial charge in [-0.3, -0.25) is 9.59 Å². The highest BCUT2D eigenvalue weighted by Gasteiger charge is 2.34. The van der Waals surface area contributed by atoms with Crippen molar-refractivity contribution >= 4 is 23.6 Å². The van der Waals surface area contributed by atoms with Gasteiger partial charge in [0, 0.05) is 25.2 Å². The molecule has 8 heteroatoms. The van der Waals surface area contributed by atoms with Gasteiger partial charge in [0.05, 0.1) is 11.8 Å². The molecule has 1 unspecified atom stereocenters. The first kappa shape index (κ1) is 21.9. The van der Waals surface area contributed by atoms with E-state index in [0.717, 1.165) is 43.6 Å². The van der Waals surface area contributed by atoms with Crippen LogP contribution >= 0.6 is 11.8 Å². The lowest BCUT2D eigenvalue weighted by molar-refractivity contribution is -0.119. The Morgan fingerprint density at radius 1 is 1.06 bits per heavy atom. The Hall–Kier alpha value is -2.35. The number of carbonyl (C=O) groups is 2. The summed E-state index contributed by atoms with van der Waals surface area (Å²) in [6, 6.07) is 7.93. The zero-order chi connectivity index (χ0) is 21.8. The molecule has 4 rings (SSSR count). The molecule has 0 bridgehead atoms. The number of amides is 2. The quantitative estimate of drug-likeness (QED) is 0.692. The van der Waals surface area contributed by atoms with Gasteiger partial charge in [0.2, 0.25) is 5.91 Å². The van der Waals surface area contributed by atoms with Crippen molar-refractivity contribution in [3.05, 3.63) is 41.2 Å². The normalized spacial score (nSPS) is 19.5. The molecule has 2 aromatic rings. The van der Waals surface area contributed by atoms with E-state index < -0.39 is 0 Å². The molecule has 2 heterocycles. The number of likely N-dealkylation sites (tertiary alicyclic amines) is 1. The van der Waals surface area contributed by atoms with E-state index in [-0.39, 0.29) is 17.9 Å². The molecule has 1 aliphatic heterocycles. The summed E-state index contributed by atoms with van der Waals surface area (Å²) in [6.07, 6.45) is 7.65. The third kappa shape index (κ3) is 5.11. The van der Waals surface area contributed by atoms with Gasteiger partial charge in [-0.25, -0.2) is 0 Å². The molecule has 1 saturated carbocycles. The average Bonchev–Trinajstić information content (AvgIpc) is 3.39. The van der Waals surface area contributed by atoms with Crippen LogP contribution in [0.15, 0.2) is 29.4 Å². The van der Waals surface area contributed by atoms with Gasteiger partial charge < -0.3 is 14.8 Å². The number of thioether (sulfide) groups is 1. The maximum Gasteiger partial charge on any atom is 0.254 e. The van der Waals surface area contributed by atoms with Crippen LogP contribution in [0.2, 0.25) is 0 Å². The number of rotatable bonds is 6. The third-order valence-corrected chi connectivity index (χ3v) is 7.30. The number of nitrogens with one attached hydrogen (secondary N) is 1. The van der Waals surface area contributed by atoms with E-state index in [1.165, 1.54) is 31.0 Å². The van der Waals surface area contributed by atoms with Crippen LogP contribution in [0.4, 0.5) is 0 Å². The molecule has 2 aliphatic rings. The number of hydrogen-bond donors (Lipinski definition) is 1. The molecule has 0 radical (unpaired) electrons. The number of hydrogen-bond acceptors (Lipinski definition) is 5. The molecule has 1 saturated heterocycles. The van der Waals surface area contributed by atoms with Gasteiger partial charge in [-0.1, -0.05) is 48.7 Å². The van der Waals surface area contributed by atoms with Crippen LogP contribution in [0, 0.1) is 6.92 Å². The number of aryl methyl sites for hydroxylation is 1. The van der Waals surface area contributed by atoms with Gasteiger partial charge in [0.25, 0.3) is 5.91 Å². The lowest BCUT2D eigenvalue weighted by Gasteiger charge is -2.24. The predicted molar refractivity (Wildman–Crippen MR) is 121 cm³/mol. The minimum atomic E-state index is -0.0864. The van der Waals surface area contributed by atoms with Gasteiger partial charge in [-0.15, -0.1) is 10.2 Å². The van der Waals surface area contributed by atoms with Crippen molar-refractivity contribution < 1.29 is 9.59 Å². The average molecular weight is 442 g/mol.